The lowest BCUT2D eigenvalue weighted by Crippen LogP contribution is -2.26. The fraction of sp³-hybridized carbons (Fsp3) is 0.348. The third-order valence-corrected chi connectivity index (χ3v) is 6.74. The zero-order chi connectivity index (χ0) is 23.8. The molecule has 0 spiro atoms. The van der Waals surface area contributed by atoms with E-state index in [4.69, 9.17) is 24.6 Å². The normalized spacial score (nSPS) is 18.3. The predicted molar refractivity (Wildman–Crippen MR) is 126 cm³/mol. The standard InChI is InChI=1S/C22H21FN6OS.CH2O2/c1-12-7-16(5-6-30-12)29-20(9-15-11-28-22(25-15)31-13(2)27-28)26-19-10-24-18-4-3-14(23)8-17(18)21(19)29;2-1-3/h3-4,8,10-12,16H,5-7,9H2,1-2H3;1H,(H,2,3)/t12-,16-;/m1./s1. The van der Waals surface area contributed by atoms with Crippen LogP contribution in [0, 0.1) is 12.7 Å². The summed E-state index contributed by atoms with van der Waals surface area (Å²) in [5.41, 5.74) is 3.40. The number of rotatable bonds is 3. The van der Waals surface area contributed by atoms with E-state index in [1.807, 2.05) is 17.6 Å². The van der Waals surface area contributed by atoms with Gasteiger partial charge in [0.1, 0.15) is 22.2 Å². The highest BCUT2D eigenvalue weighted by atomic mass is 32.1. The van der Waals surface area contributed by atoms with E-state index >= 15 is 0 Å². The Kier molecular flexibility index (Phi) is 5.96. The number of carbonyl (C=O) groups is 1. The maximum atomic E-state index is 14.2. The Bertz CT molecular complexity index is 1460. The van der Waals surface area contributed by atoms with E-state index in [2.05, 4.69) is 21.6 Å². The molecular formula is C23H23FN6O3S. The second-order valence-corrected chi connectivity index (χ2v) is 9.43. The van der Waals surface area contributed by atoms with E-state index in [1.54, 1.807) is 29.7 Å². The fourth-order valence-electron chi connectivity index (χ4n) is 4.62. The summed E-state index contributed by atoms with van der Waals surface area (Å²) >= 11 is 1.57. The second-order valence-electron chi connectivity index (χ2n) is 8.27. The molecule has 0 saturated carbocycles. The van der Waals surface area contributed by atoms with Gasteiger partial charge in [-0.05, 0) is 44.9 Å². The van der Waals surface area contributed by atoms with Gasteiger partial charge in [0.2, 0.25) is 4.96 Å². The molecule has 1 aromatic carbocycles. The molecule has 0 aliphatic carbocycles. The molecule has 4 aromatic heterocycles. The van der Waals surface area contributed by atoms with E-state index in [0.717, 1.165) is 56.3 Å². The summed E-state index contributed by atoms with van der Waals surface area (Å²) in [6, 6.07) is 4.97. The van der Waals surface area contributed by atoms with Gasteiger partial charge in [0.05, 0.1) is 35.2 Å². The van der Waals surface area contributed by atoms with E-state index in [9.17, 15) is 4.39 Å². The number of fused-ring (bicyclic) bond motifs is 4. The highest BCUT2D eigenvalue weighted by Crippen LogP contribution is 2.34. The van der Waals surface area contributed by atoms with Crippen molar-refractivity contribution in [3.63, 3.8) is 0 Å². The third-order valence-electron chi connectivity index (χ3n) is 5.91. The first-order valence-electron chi connectivity index (χ1n) is 10.9. The number of pyridine rings is 1. The largest absolute Gasteiger partial charge is 0.483 e. The van der Waals surface area contributed by atoms with Gasteiger partial charge in [0, 0.05) is 24.5 Å². The summed E-state index contributed by atoms with van der Waals surface area (Å²) in [6.07, 6.45) is 6.27. The number of hydrogen-bond donors (Lipinski definition) is 1. The van der Waals surface area contributed by atoms with Crippen LogP contribution in [0.2, 0.25) is 0 Å². The van der Waals surface area contributed by atoms with Gasteiger partial charge in [-0.25, -0.2) is 18.9 Å². The number of ether oxygens (including phenoxy) is 1. The molecule has 9 nitrogen and oxygen atoms in total. The first-order chi connectivity index (χ1) is 16.5. The van der Waals surface area contributed by atoms with Crippen molar-refractivity contribution in [3.05, 3.63) is 52.9 Å². The van der Waals surface area contributed by atoms with Gasteiger partial charge in [-0.15, -0.1) is 0 Å². The summed E-state index contributed by atoms with van der Waals surface area (Å²) in [5, 5.41) is 13.1. The Morgan fingerprint density at radius 1 is 1.32 bits per heavy atom. The first-order valence-corrected chi connectivity index (χ1v) is 11.7. The number of carboxylic acid groups (broad SMARTS) is 1. The van der Waals surface area contributed by atoms with Crippen molar-refractivity contribution in [1.29, 1.82) is 0 Å². The van der Waals surface area contributed by atoms with E-state index in [-0.39, 0.29) is 24.4 Å². The Morgan fingerprint density at radius 3 is 2.91 bits per heavy atom. The fourth-order valence-corrected chi connectivity index (χ4v) is 5.36. The molecule has 5 aromatic rings. The predicted octanol–water partition coefficient (Wildman–Crippen LogP) is 4.17. The van der Waals surface area contributed by atoms with Crippen molar-refractivity contribution >= 4 is 44.7 Å². The van der Waals surface area contributed by atoms with E-state index < -0.39 is 0 Å². The van der Waals surface area contributed by atoms with Crippen LogP contribution in [0.5, 0.6) is 0 Å². The van der Waals surface area contributed by atoms with Crippen molar-refractivity contribution in [3.8, 4) is 0 Å². The molecular weight excluding hydrogens is 459 g/mol. The monoisotopic (exact) mass is 482 g/mol. The minimum Gasteiger partial charge on any atom is -0.483 e. The van der Waals surface area contributed by atoms with Crippen molar-refractivity contribution in [2.75, 3.05) is 6.61 Å². The zero-order valence-electron chi connectivity index (χ0n) is 18.7. The SMILES string of the molecule is Cc1nn2cc(Cc3nc4cnc5ccc(F)cc5c4n3[C@@H]3CCO[C@H](C)C3)nc2s1.O=CO. The highest BCUT2D eigenvalue weighted by molar-refractivity contribution is 7.16. The molecule has 1 saturated heterocycles. The highest BCUT2D eigenvalue weighted by Gasteiger charge is 2.27. The average Bonchev–Trinajstić information content (AvgIpc) is 3.44. The maximum absolute atomic E-state index is 14.2. The van der Waals surface area contributed by atoms with Crippen LogP contribution in [0.4, 0.5) is 4.39 Å². The Morgan fingerprint density at radius 2 is 2.15 bits per heavy atom. The number of hydrogen-bond acceptors (Lipinski definition) is 7. The van der Waals surface area contributed by atoms with E-state index in [1.165, 1.54) is 6.07 Å². The van der Waals surface area contributed by atoms with Gasteiger partial charge in [-0.2, -0.15) is 5.10 Å². The molecule has 34 heavy (non-hydrogen) atoms. The van der Waals surface area contributed by atoms with Crippen LogP contribution in [-0.4, -0.2) is 53.4 Å². The van der Waals surface area contributed by atoms with Gasteiger partial charge >= 0.3 is 0 Å². The molecule has 5 heterocycles. The third kappa shape index (κ3) is 4.12. The molecule has 6 rings (SSSR count). The van der Waals surface area contributed by atoms with Crippen molar-refractivity contribution in [2.24, 2.45) is 0 Å². The molecule has 1 aliphatic heterocycles. The van der Waals surface area contributed by atoms with Gasteiger partial charge < -0.3 is 14.4 Å². The molecule has 2 atom stereocenters. The van der Waals surface area contributed by atoms with Gasteiger partial charge in [0.25, 0.3) is 6.47 Å². The lowest BCUT2D eigenvalue weighted by atomic mass is 10.0. The topological polar surface area (TPSA) is 107 Å². The summed E-state index contributed by atoms with van der Waals surface area (Å²) in [5.74, 6) is 0.641. The summed E-state index contributed by atoms with van der Waals surface area (Å²) in [4.78, 5) is 23.4. The van der Waals surface area contributed by atoms with Crippen LogP contribution in [0.15, 0.2) is 30.6 Å². The lowest BCUT2D eigenvalue weighted by Gasteiger charge is -2.30. The minimum atomic E-state index is -0.271. The molecule has 1 aliphatic rings. The molecule has 1 fully saturated rings. The minimum absolute atomic E-state index is 0.166. The molecule has 11 heteroatoms. The van der Waals surface area contributed by atoms with Gasteiger partial charge in [0.15, 0.2) is 0 Å². The summed E-state index contributed by atoms with van der Waals surface area (Å²) in [7, 11) is 0. The molecule has 0 unspecified atom stereocenters. The first kappa shape index (κ1) is 22.4. The second kappa shape index (κ2) is 9.07. The molecule has 0 radical (unpaired) electrons. The Hall–Kier alpha value is -3.44. The van der Waals surface area contributed by atoms with Crippen LogP contribution < -0.4 is 0 Å². The van der Waals surface area contributed by atoms with Crippen LogP contribution in [-0.2, 0) is 16.0 Å². The van der Waals surface area contributed by atoms with Crippen LogP contribution in [0.1, 0.15) is 42.3 Å². The van der Waals surface area contributed by atoms with Gasteiger partial charge in [-0.1, -0.05) is 11.3 Å². The lowest BCUT2D eigenvalue weighted by molar-refractivity contribution is -0.122. The maximum Gasteiger partial charge on any atom is 0.290 e. The van der Waals surface area contributed by atoms with Crippen LogP contribution in [0.3, 0.4) is 0 Å². The number of imidazole rings is 2. The molecule has 1 N–H and O–H groups in total. The van der Waals surface area contributed by atoms with Crippen molar-refractivity contribution < 1.29 is 19.0 Å². The summed E-state index contributed by atoms with van der Waals surface area (Å²) < 4.78 is 24.1. The average molecular weight is 483 g/mol. The Balaban J connectivity index is 0.000000764. The molecule has 0 amide bonds. The molecule has 176 valence electrons. The Labute approximate surface area is 197 Å². The van der Waals surface area contributed by atoms with Crippen molar-refractivity contribution in [1.82, 2.24) is 29.1 Å². The number of aryl methyl sites for hydroxylation is 1. The van der Waals surface area contributed by atoms with Crippen molar-refractivity contribution in [2.45, 2.75) is 45.3 Å². The molecule has 0 bridgehead atoms. The zero-order valence-corrected chi connectivity index (χ0v) is 19.5. The van der Waals surface area contributed by atoms with E-state index in [0.29, 0.717) is 13.0 Å². The quantitative estimate of drug-likeness (QED) is 0.385. The number of nitrogens with zero attached hydrogens (tertiary/aromatic N) is 6. The number of halogens is 1. The number of aromatic nitrogens is 6. The number of benzene rings is 1. The van der Waals surface area contributed by atoms with Crippen LogP contribution in [0.25, 0.3) is 26.9 Å². The van der Waals surface area contributed by atoms with Gasteiger partial charge in [-0.3, -0.25) is 9.78 Å². The smallest absolute Gasteiger partial charge is 0.290 e. The summed E-state index contributed by atoms with van der Waals surface area (Å²) in [6.45, 7) is 4.52. The van der Waals surface area contributed by atoms with Crippen LogP contribution >= 0.6 is 11.3 Å².